The number of carbonyl (C=O) groups is 1. The van der Waals surface area contributed by atoms with Crippen LogP contribution < -0.4 is 15.7 Å². The van der Waals surface area contributed by atoms with Gasteiger partial charge >= 0.3 is 11.7 Å². The van der Waals surface area contributed by atoms with Gasteiger partial charge in [-0.15, -0.1) is 0 Å². The van der Waals surface area contributed by atoms with Crippen LogP contribution >= 0.6 is 0 Å². The van der Waals surface area contributed by atoms with Gasteiger partial charge in [-0.1, -0.05) is 6.07 Å². The van der Waals surface area contributed by atoms with Crippen molar-refractivity contribution in [3.8, 4) is 28.1 Å². The molecule has 2 saturated heterocycles. The van der Waals surface area contributed by atoms with Gasteiger partial charge in [-0.2, -0.15) is 5.10 Å². The third kappa shape index (κ3) is 3.54. The molecule has 11 nitrogen and oxygen atoms in total. The van der Waals surface area contributed by atoms with Crippen LogP contribution in [-0.4, -0.2) is 66.1 Å². The number of rotatable bonds is 4. The Morgan fingerprint density at radius 2 is 1.81 bits per heavy atom. The average Bonchev–Trinajstić information content (AvgIpc) is 3.84. The molecule has 43 heavy (non-hydrogen) atoms. The summed E-state index contributed by atoms with van der Waals surface area (Å²) in [7, 11) is 7.06. The van der Waals surface area contributed by atoms with Crippen LogP contribution in [0.2, 0.25) is 0 Å². The standard InChI is InChI=1S/C32H32N8O3/c1-33-31(41)39-20-8-12-23(39)24(14-20)40-29-25(37(2)32(40)42)16-34-30-27(29)26(18-7-11-22-19(13-18)15-35-38(22)3)28(36-30)17-5-9-21(43-4)10-6-17/h5-7,9-11,13,15-16,20,23-24H,8,12,14H2,1-4H3,(H,33,41)(H,34,36)/t20-,23?,24?/m0/s1. The fourth-order valence-electron chi connectivity index (χ4n) is 7.55. The zero-order valence-corrected chi connectivity index (χ0v) is 24.5. The van der Waals surface area contributed by atoms with Crippen molar-refractivity contribution in [2.24, 2.45) is 14.1 Å². The van der Waals surface area contributed by atoms with Gasteiger partial charge in [-0.3, -0.25) is 13.8 Å². The summed E-state index contributed by atoms with van der Waals surface area (Å²) >= 11 is 0. The summed E-state index contributed by atoms with van der Waals surface area (Å²) in [6, 6.07) is 14.1. The van der Waals surface area contributed by atoms with Gasteiger partial charge in [-0.05, 0) is 66.8 Å². The quantitative estimate of drug-likeness (QED) is 0.319. The highest BCUT2D eigenvalue weighted by atomic mass is 16.5. The molecule has 4 aromatic heterocycles. The molecule has 0 aliphatic carbocycles. The second-order valence-corrected chi connectivity index (χ2v) is 11.6. The van der Waals surface area contributed by atoms with Gasteiger partial charge in [0, 0.05) is 38.1 Å². The Hall–Kier alpha value is -5.06. The molecule has 2 bridgehead atoms. The van der Waals surface area contributed by atoms with Crippen molar-refractivity contribution in [2.45, 2.75) is 37.4 Å². The molecular formula is C32H32N8O3. The van der Waals surface area contributed by atoms with Crippen molar-refractivity contribution in [2.75, 3.05) is 14.2 Å². The molecule has 2 N–H and O–H groups in total. The topological polar surface area (TPSA) is 115 Å². The number of nitrogens with one attached hydrogen (secondary N) is 2. The van der Waals surface area contributed by atoms with Crippen LogP contribution in [0.4, 0.5) is 4.79 Å². The van der Waals surface area contributed by atoms with E-state index in [1.54, 1.807) is 32.0 Å². The fourth-order valence-corrected chi connectivity index (χ4v) is 7.55. The van der Waals surface area contributed by atoms with E-state index < -0.39 is 0 Å². The lowest BCUT2D eigenvalue weighted by molar-refractivity contribution is 0.190. The van der Waals surface area contributed by atoms with Crippen molar-refractivity contribution in [1.29, 1.82) is 0 Å². The van der Waals surface area contributed by atoms with E-state index in [4.69, 9.17) is 9.72 Å². The maximum absolute atomic E-state index is 14.1. The van der Waals surface area contributed by atoms with Crippen LogP contribution in [0.5, 0.6) is 5.75 Å². The van der Waals surface area contributed by atoms with Crippen LogP contribution in [0.3, 0.4) is 0 Å². The normalized spacial score (nSPS) is 19.7. The summed E-state index contributed by atoms with van der Waals surface area (Å²) in [4.78, 5) is 37.3. The van der Waals surface area contributed by atoms with Gasteiger partial charge < -0.3 is 19.9 Å². The molecular weight excluding hydrogens is 544 g/mol. The average molecular weight is 577 g/mol. The number of hydrogen-bond donors (Lipinski definition) is 2. The predicted octanol–water partition coefficient (Wildman–Crippen LogP) is 4.56. The Kier molecular flexibility index (Phi) is 5.50. The Labute approximate surface area is 246 Å². The van der Waals surface area contributed by atoms with Crippen molar-refractivity contribution >= 4 is 39.0 Å². The molecule has 2 fully saturated rings. The molecule has 2 aliphatic rings. The summed E-state index contributed by atoms with van der Waals surface area (Å²) in [5, 5.41) is 9.18. The third-order valence-electron chi connectivity index (χ3n) is 9.57. The molecule has 11 heteroatoms. The van der Waals surface area contributed by atoms with Crippen LogP contribution in [0.15, 0.2) is 59.7 Å². The monoisotopic (exact) mass is 576 g/mol. The molecule has 218 valence electrons. The van der Waals surface area contributed by atoms with Gasteiger partial charge in [-0.25, -0.2) is 14.6 Å². The van der Waals surface area contributed by atoms with E-state index in [0.29, 0.717) is 5.65 Å². The van der Waals surface area contributed by atoms with E-state index in [1.165, 1.54) is 0 Å². The zero-order valence-electron chi connectivity index (χ0n) is 24.5. The largest absolute Gasteiger partial charge is 0.497 e. The van der Waals surface area contributed by atoms with E-state index in [0.717, 1.165) is 74.7 Å². The second-order valence-electron chi connectivity index (χ2n) is 11.6. The molecule has 0 spiro atoms. The highest BCUT2D eigenvalue weighted by Gasteiger charge is 2.50. The van der Waals surface area contributed by atoms with E-state index in [9.17, 15) is 9.59 Å². The first-order valence-corrected chi connectivity index (χ1v) is 14.6. The highest BCUT2D eigenvalue weighted by molar-refractivity contribution is 6.14. The van der Waals surface area contributed by atoms with Gasteiger partial charge in [0.05, 0.1) is 59.2 Å². The van der Waals surface area contributed by atoms with Gasteiger partial charge in [0.15, 0.2) is 0 Å². The number of H-pyrrole nitrogens is 1. The number of pyridine rings is 1. The maximum atomic E-state index is 14.1. The van der Waals surface area contributed by atoms with Gasteiger partial charge in [0.25, 0.3) is 0 Å². The summed E-state index contributed by atoms with van der Waals surface area (Å²) in [6.07, 6.45) is 6.22. The molecule has 2 amide bonds. The van der Waals surface area contributed by atoms with Crippen LogP contribution in [0.1, 0.15) is 25.3 Å². The number of methoxy groups -OCH3 is 1. The molecule has 6 aromatic rings. The van der Waals surface area contributed by atoms with E-state index in [1.807, 2.05) is 51.7 Å². The van der Waals surface area contributed by atoms with E-state index in [2.05, 4.69) is 33.6 Å². The minimum Gasteiger partial charge on any atom is -0.497 e. The number of aromatic nitrogens is 6. The number of amides is 2. The lowest BCUT2D eigenvalue weighted by Gasteiger charge is -2.25. The van der Waals surface area contributed by atoms with E-state index in [-0.39, 0.29) is 29.8 Å². The minimum absolute atomic E-state index is 0.0494. The fraction of sp³-hybridized carbons (Fsp3) is 0.312. The number of ether oxygens (including phenoxy) is 1. The number of benzene rings is 2. The molecule has 2 unspecified atom stereocenters. The molecule has 0 radical (unpaired) electrons. The number of aromatic amines is 1. The van der Waals surface area contributed by atoms with Crippen LogP contribution in [0.25, 0.3) is 55.4 Å². The number of carbonyl (C=O) groups excluding carboxylic acids is 1. The van der Waals surface area contributed by atoms with E-state index >= 15 is 0 Å². The van der Waals surface area contributed by atoms with Gasteiger partial charge in [0.2, 0.25) is 0 Å². The highest BCUT2D eigenvalue weighted by Crippen LogP contribution is 2.47. The smallest absolute Gasteiger partial charge is 0.329 e. The summed E-state index contributed by atoms with van der Waals surface area (Å²) < 4.78 is 10.9. The predicted molar refractivity (Wildman–Crippen MR) is 165 cm³/mol. The molecule has 8 rings (SSSR count). The molecule has 6 heterocycles. The minimum atomic E-state index is -0.133. The lowest BCUT2D eigenvalue weighted by atomic mass is 9.94. The van der Waals surface area contributed by atoms with Crippen LogP contribution in [-0.2, 0) is 14.1 Å². The first kappa shape index (κ1) is 25.6. The first-order chi connectivity index (χ1) is 20.9. The van der Waals surface area contributed by atoms with Crippen molar-refractivity contribution in [3.05, 3.63) is 65.3 Å². The number of urea groups is 1. The molecule has 2 aliphatic heterocycles. The van der Waals surface area contributed by atoms with Crippen LogP contribution in [0, 0.1) is 0 Å². The zero-order chi connectivity index (χ0) is 29.6. The molecule has 0 saturated carbocycles. The molecule has 3 atom stereocenters. The number of imidazole rings is 1. The second kappa shape index (κ2) is 9.22. The Morgan fingerprint density at radius 3 is 2.58 bits per heavy atom. The number of hydrogen-bond acceptors (Lipinski definition) is 5. The Balaban J connectivity index is 1.44. The Morgan fingerprint density at radius 1 is 1.02 bits per heavy atom. The number of aryl methyl sites for hydroxylation is 2. The number of nitrogens with zero attached hydrogens (tertiary/aromatic N) is 6. The van der Waals surface area contributed by atoms with Crippen molar-refractivity contribution in [3.63, 3.8) is 0 Å². The van der Waals surface area contributed by atoms with Gasteiger partial charge in [0.1, 0.15) is 11.4 Å². The Bertz CT molecular complexity index is 2130. The summed E-state index contributed by atoms with van der Waals surface area (Å²) in [5.41, 5.74) is 7.08. The first-order valence-electron chi connectivity index (χ1n) is 14.6. The summed E-state index contributed by atoms with van der Waals surface area (Å²) in [6.45, 7) is 0. The lowest BCUT2D eigenvalue weighted by Crippen LogP contribution is -2.43. The third-order valence-corrected chi connectivity index (χ3v) is 9.57. The van der Waals surface area contributed by atoms with Crippen molar-refractivity contribution in [1.82, 2.24) is 39.1 Å². The number of fused-ring (bicyclic) bond motifs is 6. The maximum Gasteiger partial charge on any atom is 0.329 e. The summed E-state index contributed by atoms with van der Waals surface area (Å²) in [5.74, 6) is 0.771. The molecule has 2 aromatic carbocycles. The van der Waals surface area contributed by atoms with Crippen molar-refractivity contribution < 1.29 is 9.53 Å². The SMILES string of the molecule is CNC(=O)N1C2CC[C@H]1CC2n1c(=O)n(C)c2cnc3[nH]c(-c4ccc(OC)cc4)c(-c4ccc5c(cnn5C)c4)c3c21.